The summed E-state index contributed by atoms with van der Waals surface area (Å²) in [5.74, 6) is 0.464. The second-order valence-corrected chi connectivity index (χ2v) is 7.07. The summed E-state index contributed by atoms with van der Waals surface area (Å²) in [6.07, 6.45) is 2.22. The first kappa shape index (κ1) is 15.5. The minimum absolute atomic E-state index is 0.220. The summed E-state index contributed by atoms with van der Waals surface area (Å²) in [7, 11) is 1.81. The fraction of sp³-hybridized carbons (Fsp3) is 0.750. The van der Waals surface area contributed by atoms with Gasteiger partial charge < -0.3 is 0 Å². The lowest BCUT2D eigenvalue weighted by atomic mass is 10.1. The topological polar surface area (TPSA) is 52.0 Å². The van der Waals surface area contributed by atoms with E-state index in [2.05, 4.69) is 18.9 Å². The van der Waals surface area contributed by atoms with Crippen molar-refractivity contribution in [2.75, 3.05) is 0 Å². The van der Waals surface area contributed by atoms with Gasteiger partial charge in [0.05, 0.1) is 11.4 Å². The third kappa shape index (κ3) is 3.26. The first-order chi connectivity index (χ1) is 8.35. The van der Waals surface area contributed by atoms with Gasteiger partial charge in [-0.1, -0.05) is 34.1 Å². The van der Waals surface area contributed by atoms with E-state index < -0.39 is 9.05 Å². The Balaban J connectivity index is 3.34. The lowest BCUT2D eigenvalue weighted by Gasteiger charge is -2.11. The molecule has 0 radical (unpaired) electrons. The van der Waals surface area contributed by atoms with Crippen LogP contribution in [0.2, 0.25) is 0 Å². The molecule has 1 aromatic heterocycles. The molecule has 1 rings (SSSR count). The van der Waals surface area contributed by atoms with Crippen molar-refractivity contribution >= 4 is 19.7 Å². The first-order valence-corrected chi connectivity index (χ1v) is 8.69. The molecule has 0 aromatic carbocycles. The maximum Gasteiger partial charge on any atom is 0.264 e. The molecule has 0 saturated carbocycles. The second-order valence-electron chi connectivity index (χ2n) is 4.56. The molecule has 1 heterocycles. The highest BCUT2D eigenvalue weighted by molar-refractivity contribution is 8.13. The number of hydrogen-bond acceptors (Lipinski definition) is 3. The lowest BCUT2D eigenvalue weighted by Crippen LogP contribution is -2.12. The zero-order valence-electron chi connectivity index (χ0n) is 11.4. The third-order valence-corrected chi connectivity index (χ3v) is 4.59. The van der Waals surface area contributed by atoms with Gasteiger partial charge in [-0.3, -0.25) is 4.68 Å². The van der Waals surface area contributed by atoms with Gasteiger partial charge in [0.25, 0.3) is 9.05 Å². The molecule has 18 heavy (non-hydrogen) atoms. The minimum Gasteiger partial charge on any atom is -0.268 e. The zero-order valence-corrected chi connectivity index (χ0v) is 13.0. The molecule has 0 spiro atoms. The predicted octanol–water partition coefficient (Wildman–Crippen LogP) is 2.98. The van der Waals surface area contributed by atoms with Crippen LogP contribution in [0.3, 0.4) is 0 Å². The summed E-state index contributed by atoms with van der Waals surface area (Å²) in [5, 5.41) is 4.41. The summed E-state index contributed by atoms with van der Waals surface area (Å²) in [6, 6.07) is 0. The van der Waals surface area contributed by atoms with Gasteiger partial charge >= 0.3 is 0 Å². The number of nitrogens with zero attached hydrogens (tertiary/aromatic N) is 2. The number of hydrogen-bond donors (Lipinski definition) is 0. The average molecular weight is 293 g/mol. The van der Waals surface area contributed by atoms with E-state index in [1.807, 2.05) is 18.5 Å². The van der Waals surface area contributed by atoms with Crippen molar-refractivity contribution in [3.8, 4) is 0 Å². The fourth-order valence-corrected chi connectivity index (χ4v) is 3.50. The molecule has 6 heteroatoms. The van der Waals surface area contributed by atoms with E-state index in [0.717, 1.165) is 18.7 Å². The summed E-state index contributed by atoms with van der Waals surface area (Å²) in [5.41, 5.74) is 1.30. The summed E-state index contributed by atoms with van der Waals surface area (Å²) in [6.45, 7) is 8.79. The fourth-order valence-electron chi connectivity index (χ4n) is 1.97. The van der Waals surface area contributed by atoms with Gasteiger partial charge in [0.1, 0.15) is 4.90 Å². The molecule has 0 aliphatic rings. The Kier molecular flexibility index (Phi) is 5.22. The summed E-state index contributed by atoms with van der Waals surface area (Å²) in [4.78, 5) is 0.220. The van der Waals surface area contributed by atoms with E-state index in [0.29, 0.717) is 24.5 Å². The Labute approximate surface area is 114 Å². The van der Waals surface area contributed by atoms with Crippen molar-refractivity contribution in [3.05, 3.63) is 11.4 Å². The van der Waals surface area contributed by atoms with E-state index in [4.69, 9.17) is 10.7 Å². The Morgan fingerprint density at radius 3 is 2.28 bits per heavy atom. The highest BCUT2D eigenvalue weighted by atomic mass is 35.7. The van der Waals surface area contributed by atoms with E-state index in [1.54, 1.807) is 0 Å². The van der Waals surface area contributed by atoms with Crippen LogP contribution in [0.5, 0.6) is 0 Å². The lowest BCUT2D eigenvalue weighted by molar-refractivity contribution is 0.426. The molecule has 0 aliphatic carbocycles. The van der Waals surface area contributed by atoms with Crippen LogP contribution >= 0.6 is 10.7 Å². The van der Waals surface area contributed by atoms with Crippen molar-refractivity contribution < 1.29 is 8.42 Å². The third-order valence-electron chi connectivity index (χ3n) is 3.17. The molecule has 4 nitrogen and oxygen atoms in total. The number of rotatable bonds is 6. The standard InChI is InChI=1S/C12H21ClN2O2S/c1-5-9(4)8-15-11(7-3)12(18(13,16)17)10(6-2)14-15/h9H,5-8H2,1-4H3. The van der Waals surface area contributed by atoms with Gasteiger partial charge in [-0.15, -0.1) is 0 Å². The van der Waals surface area contributed by atoms with Crippen molar-refractivity contribution in [1.82, 2.24) is 9.78 Å². The molecule has 0 aliphatic heterocycles. The van der Waals surface area contributed by atoms with Gasteiger partial charge in [0.2, 0.25) is 0 Å². The molecule has 1 atom stereocenters. The Morgan fingerprint density at radius 1 is 1.28 bits per heavy atom. The van der Waals surface area contributed by atoms with E-state index in [-0.39, 0.29) is 4.90 Å². The van der Waals surface area contributed by atoms with E-state index in [1.165, 1.54) is 0 Å². The first-order valence-electron chi connectivity index (χ1n) is 6.38. The molecule has 0 fully saturated rings. The molecule has 1 aromatic rings. The van der Waals surface area contributed by atoms with Gasteiger partial charge in [-0.05, 0) is 18.8 Å². The van der Waals surface area contributed by atoms with Gasteiger partial charge in [-0.25, -0.2) is 8.42 Å². The smallest absolute Gasteiger partial charge is 0.264 e. The van der Waals surface area contributed by atoms with Gasteiger partial charge in [-0.2, -0.15) is 5.10 Å². The normalized spacial score (nSPS) is 13.8. The van der Waals surface area contributed by atoms with Crippen LogP contribution in [-0.4, -0.2) is 18.2 Å². The summed E-state index contributed by atoms with van der Waals surface area (Å²) >= 11 is 0. The largest absolute Gasteiger partial charge is 0.268 e. The Bertz CT molecular complexity index is 508. The van der Waals surface area contributed by atoms with Crippen LogP contribution in [0.15, 0.2) is 4.90 Å². The van der Waals surface area contributed by atoms with Gasteiger partial charge in [0.15, 0.2) is 0 Å². The maximum absolute atomic E-state index is 11.7. The molecule has 104 valence electrons. The predicted molar refractivity (Wildman–Crippen MR) is 73.5 cm³/mol. The van der Waals surface area contributed by atoms with Crippen LogP contribution < -0.4 is 0 Å². The minimum atomic E-state index is -3.72. The molecular weight excluding hydrogens is 272 g/mol. The van der Waals surface area contributed by atoms with Crippen molar-refractivity contribution in [2.45, 2.75) is 58.4 Å². The van der Waals surface area contributed by atoms with Crippen LogP contribution in [0.4, 0.5) is 0 Å². The highest BCUT2D eigenvalue weighted by Gasteiger charge is 2.25. The molecule has 0 N–H and O–H groups in total. The Hall–Kier alpha value is -0.550. The average Bonchev–Trinajstić information content (AvgIpc) is 2.66. The quantitative estimate of drug-likeness (QED) is 0.758. The maximum atomic E-state index is 11.7. The monoisotopic (exact) mass is 292 g/mol. The van der Waals surface area contributed by atoms with Crippen molar-refractivity contribution in [2.24, 2.45) is 5.92 Å². The molecule has 1 unspecified atom stereocenters. The van der Waals surface area contributed by atoms with E-state index >= 15 is 0 Å². The number of aromatic nitrogens is 2. The number of halogens is 1. The van der Waals surface area contributed by atoms with Crippen molar-refractivity contribution in [1.29, 1.82) is 0 Å². The Morgan fingerprint density at radius 2 is 1.89 bits per heavy atom. The SMILES string of the molecule is CCc1nn(CC(C)CC)c(CC)c1S(=O)(=O)Cl. The molecule has 0 saturated heterocycles. The van der Waals surface area contributed by atoms with Crippen molar-refractivity contribution in [3.63, 3.8) is 0 Å². The van der Waals surface area contributed by atoms with E-state index in [9.17, 15) is 8.42 Å². The van der Waals surface area contributed by atoms with Crippen LogP contribution in [0.1, 0.15) is 45.5 Å². The number of aryl methyl sites for hydroxylation is 1. The molecular formula is C12H21ClN2O2S. The summed E-state index contributed by atoms with van der Waals surface area (Å²) < 4.78 is 25.2. The second kappa shape index (κ2) is 6.06. The highest BCUT2D eigenvalue weighted by Crippen LogP contribution is 2.26. The zero-order chi connectivity index (χ0) is 13.9. The van der Waals surface area contributed by atoms with Crippen LogP contribution in [-0.2, 0) is 28.4 Å². The molecule has 0 amide bonds. The van der Waals surface area contributed by atoms with Gasteiger partial charge in [0, 0.05) is 17.2 Å². The van der Waals surface area contributed by atoms with Crippen LogP contribution in [0.25, 0.3) is 0 Å². The molecule has 0 bridgehead atoms. The van der Waals surface area contributed by atoms with Crippen LogP contribution in [0, 0.1) is 5.92 Å².